The fraction of sp³-hybridized carbons (Fsp3) is 0. The van der Waals surface area contributed by atoms with Gasteiger partial charge < -0.3 is 28.7 Å². The predicted octanol–water partition coefficient (Wildman–Crippen LogP) is 23.3. The molecule has 2 heterocycles. The van der Waals surface area contributed by atoms with Gasteiger partial charge in [-0.1, -0.05) is 146 Å². The molecule has 0 aliphatic carbocycles. The van der Waals surface area contributed by atoms with E-state index in [4.69, 9.17) is 0 Å². The average Bonchev–Trinajstić information content (AvgIpc) is 1.91. The van der Waals surface area contributed by atoms with Crippen LogP contribution in [0.5, 0.6) is 0 Å². The van der Waals surface area contributed by atoms with Gasteiger partial charge in [-0.25, -0.2) is 0 Å². The molecule has 0 radical (unpaired) electrons. The highest BCUT2D eigenvalue weighted by atomic mass is 79.9. The lowest BCUT2D eigenvalue weighted by atomic mass is 10.1. The minimum absolute atomic E-state index is 0.943. The summed E-state index contributed by atoms with van der Waals surface area (Å²) in [7, 11) is 0. The van der Waals surface area contributed by atoms with Crippen molar-refractivity contribution in [2.75, 3.05) is 19.6 Å². The van der Waals surface area contributed by atoms with Crippen molar-refractivity contribution in [2.45, 2.75) is 0 Å². The zero-order valence-electron chi connectivity index (χ0n) is 46.6. The first-order chi connectivity index (χ1) is 42.5. The Bertz CT molecular complexity index is 4140. The summed E-state index contributed by atoms with van der Waals surface area (Å²) in [6, 6.07) is 117. The van der Waals surface area contributed by atoms with Gasteiger partial charge in [-0.15, -0.1) is 0 Å². The molecule has 0 atom stereocenters. The van der Waals surface area contributed by atoms with Gasteiger partial charge in [-0.2, -0.15) is 0 Å². The third-order valence-electron chi connectivity index (χ3n) is 16.1. The number of aromatic nitrogens is 2. The first kappa shape index (κ1) is 52.4. The molecule has 86 heavy (non-hydrogen) atoms. The molecule has 8 heteroatoms. The van der Waals surface area contributed by atoms with Crippen LogP contribution in [0.15, 0.2) is 337 Å². The van der Waals surface area contributed by atoms with E-state index in [0.29, 0.717) is 0 Å². The zero-order chi connectivity index (χ0) is 57.5. The lowest BCUT2D eigenvalue weighted by molar-refractivity contribution is 1.12. The summed E-state index contributed by atoms with van der Waals surface area (Å²) in [5.41, 5.74) is 19.1. The van der Waals surface area contributed by atoms with E-state index in [1.807, 2.05) is 0 Å². The Morgan fingerprint density at radius 2 is 0.372 bits per heavy atom. The molecular formula is C78H54Br2N6. The molecule has 0 saturated carbocycles. The highest BCUT2D eigenvalue weighted by Gasteiger charge is 2.25. The summed E-state index contributed by atoms with van der Waals surface area (Å²) in [4.78, 5) is 9.38. The predicted molar refractivity (Wildman–Crippen MR) is 369 cm³/mol. The molecule has 410 valence electrons. The van der Waals surface area contributed by atoms with Gasteiger partial charge in [0.25, 0.3) is 0 Å². The van der Waals surface area contributed by atoms with Crippen LogP contribution in [0, 0.1) is 0 Å². The first-order valence-corrected chi connectivity index (χ1v) is 30.4. The second-order valence-corrected chi connectivity index (χ2v) is 23.0. The van der Waals surface area contributed by atoms with E-state index in [0.717, 1.165) is 132 Å². The van der Waals surface area contributed by atoms with Crippen molar-refractivity contribution < 1.29 is 0 Å². The summed E-state index contributed by atoms with van der Waals surface area (Å²) in [5.74, 6) is 0. The first-order valence-electron chi connectivity index (χ1n) is 28.8. The Hall–Kier alpha value is -10.4. The zero-order valence-corrected chi connectivity index (χ0v) is 49.8. The van der Waals surface area contributed by atoms with Crippen molar-refractivity contribution in [3.05, 3.63) is 337 Å². The van der Waals surface area contributed by atoms with Crippen LogP contribution in [0.25, 0.3) is 55.0 Å². The van der Waals surface area contributed by atoms with E-state index >= 15 is 0 Å². The highest BCUT2D eigenvalue weighted by Crippen LogP contribution is 2.48. The van der Waals surface area contributed by atoms with Crippen LogP contribution in [-0.2, 0) is 0 Å². The Kier molecular flexibility index (Phi) is 13.8. The molecule has 13 aromatic carbocycles. The number of hydrogen-bond acceptors (Lipinski definition) is 4. The number of halogens is 2. The van der Waals surface area contributed by atoms with Gasteiger partial charge in [0.1, 0.15) is 0 Å². The standard InChI is InChI=1S/C78H54Br2N6/c79-71-53-72(80)78(86-75-47-43-65(83(59-33-17-5-18-34-59)60-35-19-6-20-36-60)51-69(75)70-52-66(44-48-76(70)86)84(61-37-21-7-22-38-61)62-39-23-8-24-40-62)54-77(71)85-73-45-41-63(81(55-25-9-1-10-26-55)56-27-11-2-12-28-56)49-67(73)68-50-64(42-46-74(68)85)82(57-29-13-3-14-30-57)58-31-15-4-16-32-58/h1-54H. The van der Waals surface area contributed by atoms with E-state index in [1.165, 1.54) is 0 Å². The van der Waals surface area contributed by atoms with Gasteiger partial charge in [-0.05, 0) is 214 Å². The van der Waals surface area contributed by atoms with Gasteiger partial charge in [-0.3, -0.25) is 0 Å². The van der Waals surface area contributed by atoms with Crippen molar-refractivity contribution in [2.24, 2.45) is 0 Å². The van der Waals surface area contributed by atoms with Crippen LogP contribution in [0.3, 0.4) is 0 Å². The lowest BCUT2D eigenvalue weighted by Gasteiger charge is -2.26. The largest absolute Gasteiger partial charge is 0.310 e. The molecule has 0 aliphatic heterocycles. The summed E-state index contributed by atoms with van der Waals surface area (Å²) >= 11 is 8.37. The minimum Gasteiger partial charge on any atom is -0.310 e. The molecule has 15 aromatic rings. The Balaban J connectivity index is 0.974. The van der Waals surface area contributed by atoms with Gasteiger partial charge in [0.15, 0.2) is 0 Å². The molecule has 6 nitrogen and oxygen atoms in total. The normalized spacial score (nSPS) is 11.4. The number of nitrogens with zero attached hydrogens (tertiary/aromatic N) is 6. The second-order valence-electron chi connectivity index (χ2n) is 21.3. The number of fused-ring (bicyclic) bond motifs is 6. The topological polar surface area (TPSA) is 22.8 Å². The lowest BCUT2D eigenvalue weighted by Crippen LogP contribution is -2.09. The summed E-state index contributed by atoms with van der Waals surface area (Å²) in [5, 5.41) is 4.48. The summed E-state index contributed by atoms with van der Waals surface area (Å²) in [6.45, 7) is 0. The van der Waals surface area contributed by atoms with E-state index in [-0.39, 0.29) is 0 Å². The third-order valence-corrected chi connectivity index (χ3v) is 17.4. The van der Waals surface area contributed by atoms with Crippen LogP contribution in [-0.4, -0.2) is 9.13 Å². The van der Waals surface area contributed by atoms with Gasteiger partial charge in [0, 0.05) is 98.7 Å². The van der Waals surface area contributed by atoms with E-state index < -0.39 is 0 Å². The Labute approximate surface area is 516 Å². The number of anilines is 12. The third kappa shape index (κ3) is 9.55. The molecule has 15 rings (SSSR count). The number of benzene rings is 13. The summed E-state index contributed by atoms with van der Waals surface area (Å²) in [6.07, 6.45) is 0. The number of hydrogen-bond donors (Lipinski definition) is 0. The maximum atomic E-state index is 4.19. The fourth-order valence-corrected chi connectivity index (χ4v) is 13.7. The van der Waals surface area contributed by atoms with E-state index in [9.17, 15) is 0 Å². The van der Waals surface area contributed by atoms with Crippen molar-refractivity contribution in [3.63, 3.8) is 0 Å². The Morgan fingerprint density at radius 3 is 0.558 bits per heavy atom. The molecular weight excluding hydrogens is 1180 g/mol. The van der Waals surface area contributed by atoms with Crippen molar-refractivity contribution in [1.29, 1.82) is 0 Å². The van der Waals surface area contributed by atoms with Crippen LogP contribution >= 0.6 is 31.9 Å². The smallest absolute Gasteiger partial charge is 0.0625 e. The SMILES string of the molecule is Brc1cc(Br)c(-n2c3ccc(N(c4ccccc4)c4ccccc4)cc3c3cc(N(c4ccccc4)c4ccccc4)ccc32)cc1-n1c2ccc(N(c3ccccc3)c3ccccc3)cc2c2cc(N(c3ccccc3)c3ccccc3)ccc21. The van der Waals surface area contributed by atoms with Crippen molar-refractivity contribution in [3.8, 4) is 11.4 Å². The van der Waals surface area contributed by atoms with E-state index in [2.05, 4.69) is 388 Å². The minimum atomic E-state index is 0.943. The van der Waals surface area contributed by atoms with Crippen molar-refractivity contribution >= 4 is 144 Å². The maximum Gasteiger partial charge on any atom is 0.0625 e. The number of rotatable bonds is 14. The molecule has 0 aliphatic rings. The molecule has 0 bridgehead atoms. The van der Waals surface area contributed by atoms with Gasteiger partial charge in [0.05, 0.1) is 33.4 Å². The monoisotopic (exact) mass is 1230 g/mol. The molecule has 2 aromatic heterocycles. The molecule has 0 fully saturated rings. The number of para-hydroxylation sites is 8. The maximum absolute atomic E-state index is 4.19. The molecule has 0 N–H and O–H groups in total. The molecule has 0 amide bonds. The van der Waals surface area contributed by atoms with Gasteiger partial charge in [0.2, 0.25) is 0 Å². The van der Waals surface area contributed by atoms with Crippen LogP contribution < -0.4 is 19.6 Å². The summed E-state index contributed by atoms with van der Waals surface area (Å²) < 4.78 is 6.75. The van der Waals surface area contributed by atoms with Crippen LogP contribution in [0.1, 0.15) is 0 Å². The quantitative estimate of drug-likeness (QED) is 0.108. The Morgan fingerprint density at radius 1 is 0.186 bits per heavy atom. The highest BCUT2D eigenvalue weighted by molar-refractivity contribution is 9.11. The molecule has 0 unspecified atom stereocenters. The second kappa shape index (κ2) is 22.7. The average molecular weight is 1240 g/mol. The van der Waals surface area contributed by atoms with Crippen molar-refractivity contribution in [1.82, 2.24) is 9.13 Å². The van der Waals surface area contributed by atoms with Crippen LogP contribution in [0.4, 0.5) is 68.2 Å². The van der Waals surface area contributed by atoms with E-state index in [1.54, 1.807) is 0 Å². The molecule has 0 spiro atoms. The fourth-order valence-electron chi connectivity index (χ4n) is 12.3. The van der Waals surface area contributed by atoms with Crippen LogP contribution in [0.2, 0.25) is 0 Å². The van der Waals surface area contributed by atoms with Gasteiger partial charge >= 0.3 is 0 Å². The molecule has 0 saturated heterocycles.